The number of carbonyl (C=O) groups is 6. The highest BCUT2D eigenvalue weighted by atomic mass is 16.6. The number of primary amides is 1. The van der Waals surface area contributed by atoms with Gasteiger partial charge in [0.05, 0.1) is 31.7 Å². The molecule has 0 spiro atoms. The van der Waals surface area contributed by atoms with Gasteiger partial charge in [0.25, 0.3) is 0 Å². The number of nitrogens with one attached hydrogen (secondary N) is 4. The van der Waals surface area contributed by atoms with E-state index in [1.54, 1.807) is 39.5 Å². The SMILES string of the molecule is CC[C@H](C)[C@H](NC(=O)[C@@H]1CCCN1CC(O)[C@H](Cc1ccccc1)NC(=O)[C@H](CC(N)=O)NC(=O)OC(C)(C)C)C(=O)N[C@H](C(=O)OC)C(C)C. The maximum absolute atomic E-state index is 13.7. The van der Waals surface area contributed by atoms with E-state index in [1.807, 2.05) is 44.2 Å². The Hall–Kier alpha value is -4.24. The number of amides is 5. The molecule has 15 nitrogen and oxygen atoms in total. The minimum atomic E-state index is -1.37. The Morgan fingerprint density at radius 1 is 0.961 bits per heavy atom. The summed E-state index contributed by atoms with van der Waals surface area (Å²) in [6.07, 6.45) is -0.712. The second kappa shape index (κ2) is 20.0. The van der Waals surface area contributed by atoms with Crippen molar-refractivity contribution in [3.05, 3.63) is 35.9 Å². The van der Waals surface area contributed by atoms with Crippen molar-refractivity contribution in [2.75, 3.05) is 20.2 Å². The van der Waals surface area contributed by atoms with Gasteiger partial charge >= 0.3 is 12.1 Å². The zero-order chi connectivity index (χ0) is 38.5. The Kier molecular flexibility index (Phi) is 16.8. The summed E-state index contributed by atoms with van der Waals surface area (Å²) in [5.41, 5.74) is 5.33. The molecule has 1 aliphatic rings. The van der Waals surface area contributed by atoms with Gasteiger partial charge in [0.1, 0.15) is 23.7 Å². The molecule has 0 aromatic heterocycles. The van der Waals surface area contributed by atoms with Gasteiger partial charge in [0.15, 0.2) is 0 Å². The van der Waals surface area contributed by atoms with Gasteiger partial charge in [-0.1, -0.05) is 64.4 Å². The van der Waals surface area contributed by atoms with Gasteiger partial charge in [-0.05, 0) is 64.0 Å². The van der Waals surface area contributed by atoms with Crippen molar-refractivity contribution in [2.45, 2.75) is 122 Å². The van der Waals surface area contributed by atoms with Crippen LogP contribution >= 0.6 is 0 Å². The molecular weight excluding hydrogens is 660 g/mol. The normalized spacial score (nSPS) is 18.4. The summed E-state index contributed by atoms with van der Waals surface area (Å²) in [5, 5.41) is 22.4. The van der Waals surface area contributed by atoms with Crippen LogP contribution in [-0.4, -0.2) is 108 Å². The molecule has 1 fully saturated rings. The molecule has 1 aromatic carbocycles. The predicted molar refractivity (Wildman–Crippen MR) is 190 cm³/mol. The van der Waals surface area contributed by atoms with E-state index in [-0.39, 0.29) is 24.8 Å². The maximum atomic E-state index is 13.7. The maximum Gasteiger partial charge on any atom is 0.408 e. The number of nitrogens with two attached hydrogens (primary N) is 1. The van der Waals surface area contributed by atoms with E-state index in [0.717, 1.165) is 5.56 Å². The first-order chi connectivity index (χ1) is 23.9. The molecule has 0 radical (unpaired) electrons. The van der Waals surface area contributed by atoms with Gasteiger partial charge in [-0.25, -0.2) is 9.59 Å². The third-order valence-electron chi connectivity index (χ3n) is 8.80. The zero-order valence-corrected chi connectivity index (χ0v) is 31.2. The summed E-state index contributed by atoms with van der Waals surface area (Å²) in [6.45, 7) is 12.7. The molecule has 7 atom stereocenters. The van der Waals surface area contributed by atoms with E-state index in [9.17, 15) is 33.9 Å². The summed E-state index contributed by atoms with van der Waals surface area (Å²) in [7, 11) is 1.25. The second-order valence-electron chi connectivity index (χ2n) is 14.5. The lowest BCUT2D eigenvalue weighted by molar-refractivity contribution is -0.147. The molecule has 51 heavy (non-hydrogen) atoms. The fourth-order valence-electron chi connectivity index (χ4n) is 5.82. The van der Waals surface area contributed by atoms with E-state index < -0.39 is 84.0 Å². The number of methoxy groups -OCH3 is 1. The average Bonchev–Trinajstić information content (AvgIpc) is 3.51. The molecule has 1 saturated heterocycles. The Morgan fingerprint density at radius 2 is 1.61 bits per heavy atom. The highest BCUT2D eigenvalue weighted by molar-refractivity contribution is 5.92. The van der Waals surface area contributed by atoms with E-state index in [4.69, 9.17) is 15.2 Å². The van der Waals surface area contributed by atoms with Crippen molar-refractivity contribution in [2.24, 2.45) is 17.6 Å². The zero-order valence-electron chi connectivity index (χ0n) is 31.2. The summed E-state index contributed by atoms with van der Waals surface area (Å²) in [4.78, 5) is 79.1. The quantitative estimate of drug-likeness (QED) is 0.119. The molecule has 0 saturated carbocycles. The molecule has 0 aliphatic carbocycles. The third kappa shape index (κ3) is 14.1. The highest BCUT2D eigenvalue weighted by Gasteiger charge is 2.38. The topological polar surface area (TPSA) is 218 Å². The number of benzene rings is 1. The number of alkyl carbamates (subject to hydrolysis) is 1. The first-order valence-electron chi connectivity index (χ1n) is 17.6. The molecule has 1 aliphatic heterocycles. The molecule has 1 heterocycles. The van der Waals surface area contributed by atoms with E-state index in [0.29, 0.717) is 25.8 Å². The first kappa shape index (κ1) is 42.9. The fraction of sp³-hybridized carbons (Fsp3) is 0.667. The summed E-state index contributed by atoms with van der Waals surface area (Å²) < 4.78 is 10.1. The van der Waals surface area contributed by atoms with Crippen molar-refractivity contribution in [1.82, 2.24) is 26.2 Å². The van der Waals surface area contributed by atoms with Gasteiger partial charge in [0, 0.05) is 6.54 Å². The van der Waals surface area contributed by atoms with Crippen molar-refractivity contribution >= 4 is 35.7 Å². The monoisotopic (exact) mass is 718 g/mol. The minimum Gasteiger partial charge on any atom is -0.467 e. The Balaban J connectivity index is 2.26. The molecule has 286 valence electrons. The number of β-amino-alcohol motifs (C(OH)–C–C–N with tert-alkyl or cyclic N) is 1. The van der Waals surface area contributed by atoms with Crippen LogP contribution in [0.1, 0.15) is 79.7 Å². The standard InChI is InChI=1S/C36H58N6O9/c1-9-22(4)30(33(47)40-29(21(2)3)34(48)50-8)41-32(46)26-16-13-17-42(26)20-27(43)24(18-23-14-11-10-12-15-23)38-31(45)25(19-28(37)44)39-35(49)51-36(5,6)7/h10-12,14-15,21-22,24-27,29-30,43H,9,13,16-20H2,1-8H3,(H2,37,44)(H,38,45)(H,39,49)(H,40,47)(H,41,46)/t22-,24-,25-,26-,27?,29-,30-/m0/s1. The van der Waals surface area contributed by atoms with Crippen LogP contribution in [-0.2, 0) is 39.9 Å². The number of aliphatic hydroxyl groups excluding tert-OH is 1. The lowest BCUT2D eigenvalue weighted by Gasteiger charge is -2.33. The van der Waals surface area contributed by atoms with Crippen LogP contribution in [0, 0.1) is 11.8 Å². The molecular formula is C36H58N6O9. The first-order valence-corrected chi connectivity index (χ1v) is 17.6. The van der Waals surface area contributed by atoms with Crippen LogP contribution in [0.4, 0.5) is 4.79 Å². The fourth-order valence-corrected chi connectivity index (χ4v) is 5.82. The van der Waals surface area contributed by atoms with Crippen LogP contribution in [0.25, 0.3) is 0 Å². The number of aliphatic hydroxyl groups is 1. The second-order valence-corrected chi connectivity index (χ2v) is 14.5. The number of likely N-dealkylation sites (tertiary alicyclic amines) is 1. The molecule has 15 heteroatoms. The lowest BCUT2D eigenvalue weighted by Crippen LogP contribution is -2.59. The molecule has 5 amide bonds. The Morgan fingerprint density at radius 3 is 2.16 bits per heavy atom. The van der Waals surface area contributed by atoms with E-state index in [2.05, 4.69) is 21.3 Å². The van der Waals surface area contributed by atoms with Gasteiger partial charge in [-0.2, -0.15) is 0 Å². The van der Waals surface area contributed by atoms with Crippen molar-refractivity contribution in [3.63, 3.8) is 0 Å². The number of rotatable bonds is 18. The van der Waals surface area contributed by atoms with Crippen LogP contribution in [0.2, 0.25) is 0 Å². The van der Waals surface area contributed by atoms with Crippen LogP contribution in [0.15, 0.2) is 30.3 Å². The summed E-state index contributed by atoms with van der Waals surface area (Å²) >= 11 is 0. The smallest absolute Gasteiger partial charge is 0.408 e. The van der Waals surface area contributed by atoms with Crippen molar-refractivity contribution in [3.8, 4) is 0 Å². The third-order valence-corrected chi connectivity index (χ3v) is 8.80. The van der Waals surface area contributed by atoms with Gasteiger partial charge in [0.2, 0.25) is 23.6 Å². The number of hydrogen-bond acceptors (Lipinski definition) is 10. The van der Waals surface area contributed by atoms with E-state index in [1.165, 1.54) is 7.11 Å². The highest BCUT2D eigenvalue weighted by Crippen LogP contribution is 2.21. The van der Waals surface area contributed by atoms with Crippen LogP contribution in [0.5, 0.6) is 0 Å². The van der Waals surface area contributed by atoms with Crippen LogP contribution < -0.4 is 27.0 Å². The minimum absolute atomic E-state index is 0.00614. The summed E-state index contributed by atoms with van der Waals surface area (Å²) in [6, 6.07) is 4.39. The number of hydrogen-bond donors (Lipinski definition) is 6. The number of ether oxygens (including phenoxy) is 2. The molecule has 7 N–H and O–H groups in total. The van der Waals surface area contributed by atoms with Gasteiger partial charge in [-0.3, -0.25) is 24.1 Å². The Bertz CT molecular complexity index is 1340. The lowest BCUT2D eigenvalue weighted by atomic mass is 9.96. The molecule has 1 aromatic rings. The number of esters is 1. The summed E-state index contributed by atoms with van der Waals surface area (Å²) in [5.74, 6) is -3.55. The number of carbonyl (C=O) groups excluding carboxylic acids is 6. The number of nitrogens with zero attached hydrogens (tertiary/aromatic N) is 1. The Labute approximate surface area is 301 Å². The van der Waals surface area contributed by atoms with Gasteiger partial charge in [-0.15, -0.1) is 0 Å². The molecule has 1 unspecified atom stereocenters. The van der Waals surface area contributed by atoms with Gasteiger partial charge < -0.3 is 41.6 Å². The largest absolute Gasteiger partial charge is 0.467 e. The molecule has 2 rings (SSSR count). The molecule has 0 bridgehead atoms. The van der Waals surface area contributed by atoms with Crippen LogP contribution in [0.3, 0.4) is 0 Å². The average molecular weight is 719 g/mol. The van der Waals surface area contributed by atoms with E-state index >= 15 is 0 Å². The van der Waals surface area contributed by atoms with Crippen molar-refractivity contribution in [1.29, 1.82) is 0 Å². The predicted octanol–water partition coefficient (Wildman–Crippen LogP) is 1.15. The van der Waals surface area contributed by atoms with Crippen molar-refractivity contribution < 1.29 is 43.3 Å².